The zero-order valence-corrected chi connectivity index (χ0v) is 7.63. The number of nitrogens with zero attached hydrogens (tertiary/aromatic N) is 2. The van der Waals surface area contributed by atoms with E-state index < -0.39 is 34.2 Å². The Hall–Kier alpha value is -1.87. The summed E-state index contributed by atoms with van der Waals surface area (Å²) < 4.78 is 72.9. The molecule has 94 valence electrons. The molecule has 0 aromatic carbocycles. The van der Waals surface area contributed by atoms with Crippen molar-refractivity contribution in [3.63, 3.8) is 0 Å². The van der Waals surface area contributed by atoms with Gasteiger partial charge in [0.15, 0.2) is 0 Å². The van der Waals surface area contributed by atoms with Crippen LogP contribution in [-0.4, -0.2) is 9.91 Å². The van der Waals surface area contributed by atoms with E-state index in [0.717, 1.165) is 0 Å². The normalized spacial score (nSPS) is 12.6. The number of alkyl halides is 6. The smallest absolute Gasteiger partial charge is 0.258 e. The molecule has 1 heterocycles. The zero-order chi connectivity index (χ0) is 13.4. The third-order valence-corrected chi connectivity index (χ3v) is 1.66. The number of nitro groups is 1. The minimum absolute atomic E-state index is 0.101. The first-order valence-electron chi connectivity index (χ1n) is 3.82. The van der Waals surface area contributed by atoms with E-state index in [9.17, 15) is 36.5 Å². The van der Waals surface area contributed by atoms with E-state index in [4.69, 9.17) is 0 Å². The maximum atomic E-state index is 12.2. The fourth-order valence-electron chi connectivity index (χ4n) is 0.966. The van der Waals surface area contributed by atoms with Crippen LogP contribution in [0.1, 0.15) is 11.3 Å². The molecule has 0 atom stereocenters. The van der Waals surface area contributed by atoms with Gasteiger partial charge in [-0.05, 0) is 0 Å². The van der Waals surface area contributed by atoms with Gasteiger partial charge in [0.2, 0.25) is 5.69 Å². The van der Waals surface area contributed by atoms with Gasteiger partial charge in [0.05, 0.1) is 10.5 Å². The van der Waals surface area contributed by atoms with Gasteiger partial charge in [-0.15, -0.1) is 0 Å². The van der Waals surface area contributed by atoms with Crippen molar-refractivity contribution in [1.29, 1.82) is 0 Å². The number of halogens is 6. The molecular weight excluding hydrogens is 258 g/mol. The summed E-state index contributed by atoms with van der Waals surface area (Å²) in [7, 11) is 0. The summed E-state index contributed by atoms with van der Waals surface area (Å²) in [5, 5.41) is 10.2. The first-order valence-corrected chi connectivity index (χ1v) is 3.82. The second-order valence-electron chi connectivity index (χ2n) is 2.84. The molecule has 0 spiro atoms. The van der Waals surface area contributed by atoms with Crippen LogP contribution in [0.25, 0.3) is 0 Å². The molecule has 17 heavy (non-hydrogen) atoms. The Kier molecular flexibility index (Phi) is 2.99. The van der Waals surface area contributed by atoms with Gasteiger partial charge >= 0.3 is 18.0 Å². The number of aromatic nitrogens is 1. The molecule has 0 aliphatic heterocycles. The summed E-state index contributed by atoms with van der Waals surface area (Å²) >= 11 is 0. The van der Waals surface area contributed by atoms with E-state index in [0.29, 0.717) is 0 Å². The molecule has 1 aromatic heterocycles. The van der Waals surface area contributed by atoms with Crippen LogP contribution in [-0.2, 0) is 12.4 Å². The summed E-state index contributed by atoms with van der Waals surface area (Å²) in [6.45, 7) is 0. The Morgan fingerprint density at radius 3 is 2.00 bits per heavy atom. The number of rotatable bonds is 1. The van der Waals surface area contributed by atoms with Crippen LogP contribution >= 0.6 is 0 Å². The van der Waals surface area contributed by atoms with Gasteiger partial charge in [-0.25, -0.2) is 4.98 Å². The largest absolute Gasteiger partial charge is 0.440 e. The lowest BCUT2D eigenvalue weighted by atomic mass is 10.2. The molecule has 4 nitrogen and oxygen atoms in total. The summed E-state index contributed by atoms with van der Waals surface area (Å²) in [5.74, 6) is 0. The monoisotopic (exact) mass is 260 g/mol. The second kappa shape index (κ2) is 3.86. The maximum absolute atomic E-state index is 12.2. The lowest BCUT2D eigenvalue weighted by molar-refractivity contribution is -0.388. The third kappa shape index (κ3) is 2.82. The maximum Gasteiger partial charge on any atom is 0.440 e. The van der Waals surface area contributed by atoms with Crippen LogP contribution < -0.4 is 0 Å². The van der Waals surface area contributed by atoms with Crippen LogP contribution in [0.3, 0.4) is 0 Å². The Morgan fingerprint density at radius 1 is 1.12 bits per heavy atom. The van der Waals surface area contributed by atoms with Gasteiger partial charge in [-0.2, -0.15) is 26.3 Å². The molecule has 1 rings (SSSR count). The zero-order valence-electron chi connectivity index (χ0n) is 7.63. The molecule has 0 amide bonds. The molecule has 0 radical (unpaired) electrons. The highest BCUT2D eigenvalue weighted by atomic mass is 19.4. The average molecular weight is 260 g/mol. The second-order valence-corrected chi connectivity index (χ2v) is 2.84. The fraction of sp³-hybridized carbons (Fsp3) is 0.286. The van der Waals surface area contributed by atoms with Crippen molar-refractivity contribution >= 4 is 5.69 Å². The van der Waals surface area contributed by atoms with Gasteiger partial charge in [0.1, 0.15) is 0 Å². The first kappa shape index (κ1) is 13.2. The number of hydrogen-bond donors (Lipinski definition) is 0. The summed E-state index contributed by atoms with van der Waals surface area (Å²) in [5.41, 5.74) is -5.31. The van der Waals surface area contributed by atoms with E-state index in [-0.39, 0.29) is 12.3 Å². The van der Waals surface area contributed by atoms with Crippen molar-refractivity contribution in [3.8, 4) is 0 Å². The molecule has 0 fully saturated rings. The topological polar surface area (TPSA) is 56.0 Å². The highest BCUT2D eigenvalue weighted by molar-refractivity contribution is 5.40. The average Bonchev–Trinajstić information content (AvgIpc) is 2.14. The van der Waals surface area contributed by atoms with Crippen LogP contribution in [0.4, 0.5) is 32.0 Å². The van der Waals surface area contributed by atoms with Crippen molar-refractivity contribution in [2.24, 2.45) is 0 Å². The Labute approximate surface area is 89.0 Å². The van der Waals surface area contributed by atoms with E-state index in [1.807, 2.05) is 0 Å². The van der Waals surface area contributed by atoms with Crippen molar-refractivity contribution in [1.82, 2.24) is 4.98 Å². The van der Waals surface area contributed by atoms with Gasteiger partial charge in [0.25, 0.3) is 0 Å². The molecule has 0 N–H and O–H groups in total. The molecule has 0 aliphatic rings. The van der Waals surface area contributed by atoms with Gasteiger partial charge < -0.3 is 0 Å². The molecule has 0 saturated carbocycles. The lowest BCUT2D eigenvalue weighted by Gasteiger charge is -2.09. The van der Waals surface area contributed by atoms with Crippen molar-refractivity contribution in [3.05, 3.63) is 33.6 Å². The number of hydrogen-bond acceptors (Lipinski definition) is 3. The molecule has 0 aliphatic carbocycles. The van der Waals surface area contributed by atoms with Crippen LogP contribution in [0.5, 0.6) is 0 Å². The molecule has 0 unspecified atom stereocenters. The van der Waals surface area contributed by atoms with Crippen molar-refractivity contribution in [2.75, 3.05) is 0 Å². The highest BCUT2D eigenvalue weighted by Gasteiger charge is 2.42. The summed E-state index contributed by atoms with van der Waals surface area (Å²) in [6, 6.07) is -0.199. The predicted octanol–water partition coefficient (Wildman–Crippen LogP) is 3.03. The minimum atomic E-state index is -5.19. The Bertz CT molecular complexity index is 453. The van der Waals surface area contributed by atoms with E-state index in [1.165, 1.54) is 0 Å². The van der Waals surface area contributed by atoms with Crippen LogP contribution in [0.2, 0.25) is 0 Å². The molecule has 10 heteroatoms. The Balaban J connectivity index is 3.43. The Morgan fingerprint density at radius 2 is 1.65 bits per heavy atom. The fourth-order valence-corrected chi connectivity index (χ4v) is 0.966. The SMILES string of the molecule is O=[N+]([O-])c1cc(C(F)(F)F)cnc1C(F)(F)F. The van der Waals surface area contributed by atoms with Gasteiger partial charge in [0, 0.05) is 12.3 Å². The van der Waals surface area contributed by atoms with E-state index in [1.54, 1.807) is 0 Å². The molecule has 0 saturated heterocycles. The van der Waals surface area contributed by atoms with Crippen molar-refractivity contribution in [2.45, 2.75) is 12.4 Å². The first-order chi connectivity index (χ1) is 7.53. The molecule has 0 bridgehead atoms. The van der Waals surface area contributed by atoms with Gasteiger partial charge in [-0.3, -0.25) is 10.1 Å². The summed E-state index contributed by atoms with van der Waals surface area (Å²) in [4.78, 5) is 11.1. The molecular formula is C7H2F6N2O2. The van der Waals surface area contributed by atoms with Crippen molar-refractivity contribution < 1.29 is 31.3 Å². The molecule has 1 aromatic rings. The summed E-state index contributed by atoms with van der Waals surface area (Å²) in [6.07, 6.45) is -10.3. The standard InChI is InChI=1S/C7H2F6N2O2/c8-6(9,10)3-1-4(15(16)17)5(14-2-3)7(11,12)13/h1-2H. The lowest BCUT2D eigenvalue weighted by Crippen LogP contribution is -2.14. The van der Waals surface area contributed by atoms with Gasteiger partial charge in [-0.1, -0.05) is 0 Å². The predicted molar refractivity (Wildman–Crippen MR) is 40.9 cm³/mol. The number of pyridine rings is 1. The minimum Gasteiger partial charge on any atom is -0.258 e. The van der Waals surface area contributed by atoms with Crippen LogP contribution in [0, 0.1) is 10.1 Å². The van der Waals surface area contributed by atoms with Crippen LogP contribution in [0.15, 0.2) is 12.3 Å². The highest BCUT2D eigenvalue weighted by Crippen LogP contribution is 2.37. The van der Waals surface area contributed by atoms with E-state index in [2.05, 4.69) is 4.98 Å². The quantitative estimate of drug-likeness (QED) is 0.443. The van der Waals surface area contributed by atoms with E-state index >= 15 is 0 Å². The third-order valence-electron chi connectivity index (χ3n) is 1.66.